The molecule has 0 aliphatic carbocycles. The maximum atomic E-state index is 11.2. The fourth-order valence-corrected chi connectivity index (χ4v) is 2.54. The molecule has 1 heterocycles. The zero-order valence-corrected chi connectivity index (χ0v) is 13.3. The first kappa shape index (κ1) is 16.9. The molecule has 0 bridgehead atoms. The Labute approximate surface area is 135 Å². The number of benzene rings is 1. The van der Waals surface area contributed by atoms with Crippen molar-refractivity contribution >= 4 is 11.4 Å². The van der Waals surface area contributed by atoms with E-state index < -0.39 is 4.92 Å². The summed E-state index contributed by atoms with van der Waals surface area (Å²) in [5.74, 6) is 0.535. The van der Waals surface area contributed by atoms with Crippen molar-refractivity contribution in [2.24, 2.45) is 5.92 Å². The molecule has 6 heteroatoms. The van der Waals surface area contributed by atoms with Crippen molar-refractivity contribution in [2.75, 3.05) is 11.9 Å². The minimum Gasteiger partial charge on any atom is -0.392 e. The number of pyridine rings is 1. The highest BCUT2D eigenvalue weighted by Gasteiger charge is 2.19. The average Bonchev–Trinajstić information content (AvgIpc) is 2.55. The number of aliphatic hydroxyl groups excluding tert-OH is 1. The van der Waals surface area contributed by atoms with Crippen LogP contribution in [0.4, 0.5) is 11.4 Å². The Morgan fingerprint density at radius 1 is 1.35 bits per heavy atom. The SMILES string of the molecule is CC(C)C(CNc1cc(CO)ccc1[N+](=O)[O-])c1cccnc1. The molecule has 0 fully saturated rings. The second-order valence-corrected chi connectivity index (χ2v) is 5.78. The highest BCUT2D eigenvalue weighted by Crippen LogP contribution is 2.29. The van der Waals surface area contributed by atoms with Gasteiger partial charge >= 0.3 is 0 Å². The molecule has 2 N–H and O–H groups in total. The lowest BCUT2D eigenvalue weighted by atomic mass is 9.89. The number of nitrogens with zero attached hydrogens (tertiary/aromatic N) is 2. The topological polar surface area (TPSA) is 88.3 Å². The Balaban J connectivity index is 2.22. The van der Waals surface area contributed by atoms with Gasteiger partial charge in [0.15, 0.2) is 0 Å². The van der Waals surface area contributed by atoms with E-state index in [1.165, 1.54) is 6.07 Å². The highest BCUT2D eigenvalue weighted by atomic mass is 16.6. The predicted molar refractivity (Wildman–Crippen MR) is 89.3 cm³/mol. The van der Waals surface area contributed by atoms with Crippen LogP contribution in [0.2, 0.25) is 0 Å². The molecule has 0 radical (unpaired) electrons. The van der Waals surface area contributed by atoms with Crippen LogP contribution in [0.15, 0.2) is 42.7 Å². The van der Waals surface area contributed by atoms with Crippen molar-refractivity contribution in [3.8, 4) is 0 Å². The third-order valence-corrected chi connectivity index (χ3v) is 3.87. The molecule has 1 unspecified atom stereocenters. The third kappa shape index (κ3) is 4.26. The van der Waals surface area contributed by atoms with Crippen molar-refractivity contribution in [2.45, 2.75) is 26.4 Å². The van der Waals surface area contributed by atoms with Crippen molar-refractivity contribution < 1.29 is 10.0 Å². The Morgan fingerprint density at radius 3 is 2.70 bits per heavy atom. The van der Waals surface area contributed by atoms with E-state index in [2.05, 4.69) is 24.1 Å². The van der Waals surface area contributed by atoms with Gasteiger partial charge in [0.2, 0.25) is 0 Å². The Kier molecular flexibility index (Phi) is 5.65. The lowest BCUT2D eigenvalue weighted by molar-refractivity contribution is -0.384. The van der Waals surface area contributed by atoms with E-state index >= 15 is 0 Å². The summed E-state index contributed by atoms with van der Waals surface area (Å²) in [7, 11) is 0. The van der Waals surface area contributed by atoms with Crippen molar-refractivity contribution in [3.63, 3.8) is 0 Å². The second kappa shape index (κ2) is 7.69. The highest BCUT2D eigenvalue weighted by molar-refractivity contribution is 5.63. The first-order valence-electron chi connectivity index (χ1n) is 7.55. The number of aliphatic hydroxyl groups is 1. The molecule has 0 aliphatic rings. The van der Waals surface area contributed by atoms with Gasteiger partial charge in [-0.25, -0.2) is 0 Å². The van der Waals surface area contributed by atoms with Gasteiger partial charge in [0.25, 0.3) is 5.69 Å². The zero-order valence-electron chi connectivity index (χ0n) is 13.3. The van der Waals surface area contributed by atoms with Gasteiger partial charge < -0.3 is 10.4 Å². The number of anilines is 1. The maximum absolute atomic E-state index is 11.2. The molecule has 1 atom stereocenters. The van der Waals surface area contributed by atoms with Crippen LogP contribution in [0.5, 0.6) is 0 Å². The van der Waals surface area contributed by atoms with Crippen LogP contribution in [-0.2, 0) is 6.61 Å². The van der Waals surface area contributed by atoms with Gasteiger partial charge in [-0.2, -0.15) is 0 Å². The summed E-state index contributed by atoms with van der Waals surface area (Å²) in [6.45, 7) is 4.62. The molecule has 122 valence electrons. The van der Waals surface area contributed by atoms with E-state index in [0.717, 1.165) is 5.56 Å². The van der Waals surface area contributed by atoms with E-state index in [9.17, 15) is 15.2 Å². The molecule has 0 saturated carbocycles. The van der Waals surface area contributed by atoms with Gasteiger partial charge in [-0.3, -0.25) is 15.1 Å². The van der Waals surface area contributed by atoms with Gasteiger partial charge in [-0.15, -0.1) is 0 Å². The first-order valence-corrected chi connectivity index (χ1v) is 7.55. The number of nitrogens with one attached hydrogen (secondary N) is 1. The van der Waals surface area contributed by atoms with Crippen molar-refractivity contribution in [1.29, 1.82) is 0 Å². The average molecular weight is 315 g/mol. The predicted octanol–water partition coefficient (Wildman–Crippen LogP) is 3.33. The maximum Gasteiger partial charge on any atom is 0.292 e. The van der Waals surface area contributed by atoms with Crippen LogP contribution in [-0.4, -0.2) is 21.6 Å². The smallest absolute Gasteiger partial charge is 0.292 e. The van der Waals surface area contributed by atoms with E-state index in [4.69, 9.17) is 0 Å². The quantitative estimate of drug-likeness (QED) is 0.604. The standard InChI is InChI=1S/C17H21N3O3/c1-12(2)15(14-4-3-7-18-9-14)10-19-16-8-13(11-21)5-6-17(16)20(22)23/h3-9,12,15,19,21H,10-11H2,1-2H3. The van der Waals surface area contributed by atoms with Crippen LogP contribution < -0.4 is 5.32 Å². The molecular formula is C17H21N3O3. The van der Waals surface area contributed by atoms with Crippen LogP contribution in [0.1, 0.15) is 30.9 Å². The van der Waals surface area contributed by atoms with E-state index in [-0.39, 0.29) is 18.2 Å². The largest absolute Gasteiger partial charge is 0.392 e. The summed E-state index contributed by atoms with van der Waals surface area (Å²) in [4.78, 5) is 14.9. The lowest BCUT2D eigenvalue weighted by Gasteiger charge is -2.22. The van der Waals surface area contributed by atoms with E-state index in [0.29, 0.717) is 23.7 Å². The molecule has 0 aliphatic heterocycles. The summed E-state index contributed by atoms with van der Waals surface area (Å²) in [5.41, 5.74) is 2.17. The second-order valence-electron chi connectivity index (χ2n) is 5.78. The number of rotatable bonds is 7. The fourth-order valence-electron chi connectivity index (χ4n) is 2.54. The Bertz CT molecular complexity index is 659. The molecule has 2 rings (SSSR count). The monoisotopic (exact) mass is 315 g/mol. The van der Waals surface area contributed by atoms with E-state index in [1.807, 2.05) is 18.3 Å². The molecular weight excluding hydrogens is 294 g/mol. The molecule has 0 saturated heterocycles. The minimum atomic E-state index is -0.419. The first-order chi connectivity index (χ1) is 11.0. The lowest BCUT2D eigenvalue weighted by Crippen LogP contribution is -2.18. The summed E-state index contributed by atoms with van der Waals surface area (Å²) in [6.07, 6.45) is 3.55. The van der Waals surface area contributed by atoms with Crippen LogP contribution >= 0.6 is 0 Å². The third-order valence-electron chi connectivity index (χ3n) is 3.87. The molecule has 23 heavy (non-hydrogen) atoms. The van der Waals surface area contributed by atoms with Gasteiger partial charge in [0.05, 0.1) is 11.5 Å². The molecule has 6 nitrogen and oxygen atoms in total. The summed E-state index contributed by atoms with van der Waals surface area (Å²) in [5, 5.41) is 23.6. The van der Waals surface area contributed by atoms with Crippen LogP contribution in [0, 0.1) is 16.0 Å². The van der Waals surface area contributed by atoms with Gasteiger partial charge in [0, 0.05) is 30.9 Å². The Hall–Kier alpha value is -2.47. The minimum absolute atomic E-state index is 0.0101. The van der Waals surface area contributed by atoms with Gasteiger partial charge in [-0.1, -0.05) is 19.9 Å². The zero-order chi connectivity index (χ0) is 16.8. The molecule has 1 aromatic carbocycles. The van der Waals surface area contributed by atoms with Crippen LogP contribution in [0.25, 0.3) is 0 Å². The van der Waals surface area contributed by atoms with Crippen LogP contribution in [0.3, 0.4) is 0 Å². The summed E-state index contributed by atoms with van der Waals surface area (Å²) < 4.78 is 0. The molecule has 0 amide bonds. The summed E-state index contributed by atoms with van der Waals surface area (Å²) >= 11 is 0. The summed E-state index contributed by atoms with van der Waals surface area (Å²) in [6, 6.07) is 8.50. The molecule has 0 spiro atoms. The van der Waals surface area contributed by atoms with Crippen molar-refractivity contribution in [1.82, 2.24) is 4.98 Å². The van der Waals surface area contributed by atoms with Gasteiger partial charge in [0.1, 0.15) is 5.69 Å². The van der Waals surface area contributed by atoms with E-state index in [1.54, 1.807) is 18.3 Å². The Morgan fingerprint density at radius 2 is 2.13 bits per heavy atom. The number of nitro benzene ring substituents is 1. The van der Waals surface area contributed by atoms with Crippen molar-refractivity contribution in [3.05, 3.63) is 64.0 Å². The normalized spacial score (nSPS) is 12.2. The van der Waals surface area contributed by atoms with Gasteiger partial charge in [-0.05, 0) is 35.2 Å². The number of aromatic nitrogens is 1. The fraction of sp³-hybridized carbons (Fsp3) is 0.353. The number of hydrogen-bond acceptors (Lipinski definition) is 5. The number of nitro groups is 1. The molecule has 2 aromatic rings. The molecule has 1 aromatic heterocycles. The number of hydrogen-bond donors (Lipinski definition) is 2.